The summed E-state index contributed by atoms with van der Waals surface area (Å²) in [7, 11) is -2.28. The first kappa shape index (κ1) is 15.7. The predicted molar refractivity (Wildman–Crippen MR) is 73.1 cm³/mol. The molecule has 0 aliphatic rings. The molecular weight excluding hydrogens is 266 g/mol. The molecule has 0 fully saturated rings. The van der Waals surface area contributed by atoms with Gasteiger partial charge in [-0.3, -0.25) is 4.79 Å². The Morgan fingerprint density at radius 2 is 1.84 bits per heavy atom. The van der Waals surface area contributed by atoms with Gasteiger partial charge in [-0.2, -0.15) is 0 Å². The van der Waals surface area contributed by atoms with E-state index in [0.717, 1.165) is 5.56 Å². The maximum atomic E-state index is 11.8. The molecule has 0 bridgehead atoms. The standard InChI is InChI=1S/C13H19NO4S/c1-10(2)19(16,17)14-12(13(15)18-3)9-11-7-5-4-6-8-11/h4-8,10,12,14H,9H2,1-3H3. The Labute approximate surface area is 114 Å². The third-order valence-electron chi connectivity index (χ3n) is 2.70. The molecule has 1 N–H and O–H groups in total. The Morgan fingerprint density at radius 1 is 1.26 bits per heavy atom. The van der Waals surface area contributed by atoms with E-state index < -0.39 is 27.3 Å². The summed E-state index contributed by atoms with van der Waals surface area (Å²) in [5, 5.41) is -0.601. The van der Waals surface area contributed by atoms with Crippen LogP contribution in [0, 0.1) is 0 Å². The second-order valence-electron chi connectivity index (χ2n) is 4.48. The molecule has 0 spiro atoms. The Hall–Kier alpha value is -1.40. The number of hydrogen-bond acceptors (Lipinski definition) is 4. The normalized spacial score (nSPS) is 13.3. The highest BCUT2D eigenvalue weighted by molar-refractivity contribution is 7.90. The smallest absolute Gasteiger partial charge is 0.324 e. The van der Waals surface area contributed by atoms with E-state index in [9.17, 15) is 13.2 Å². The summed E-state index contributed by atoms with van der Waals surface area (Å²) in [6.07, 6.45) is 0.263. The van der Waals surface area contributed by atoms with Gasteiger partial charge in [-0.15, -0.1) is 0 Å². The number of carbonyl (C=O) groups excluding carboxylic acids is 1. The Kier molecular flexibility index (Phi) is 5.50. The first-order valence-electron chi connectivity index (χ1n) is 5.99. The number of methoxy groups -OCH3 is 1. The zero-order valence-corrected chi connectivity index (χ0v) is 12.1. The predicted octanol–water partition coefficient (Wildman–Crippen LogP) is 1.10. The van der Waals surface area contributed by atoms with Crippen LogP contribution in [0.25, 0.3) is 0 Å². The molecule has 0 amide bonds. The summed E-state index contributed by atoms with van der Waals surface area (Å²) in [5.41, 5.74) is 0.865. The van der Waals surface area contributed by atoms with Gasteiger partial charge in [0.1, 0.15) is 6.04 Å². The number of nitrogens with one attached hydrogen (secondary N) is 1. The molecule has 0 heterocycles. The molecule has 0 saturated heterocycles. The van der Waals surface area contributed by atoms with Crippen molar-refractivity contribution in [2.45, 2.75) is 31.6 Å². The minimum Gasteiger partial charge on any atom is -0.468 e. The molecule has 1 unspecified atom stereocenters. The molecule has 0 aromatic heterocycles. The summed E-state index contributed by atoms with van der Waals surface area (Å²) < 4.78 is 30.7. The van der Waals surface area contributed by atoms with Gasteiger partial charge in [-0.25, -0.2) is 13.1 Å². The minimum absolute atomic E-state index is 0.263. The lowest BCUT2D eigenvalue weighted by Crippen LogP contribution is -2.45. The number of rotatable bonds is 6. The van der Waals surface area contributed by atoms with Crippen molar-refractivity contribution in [1.29, 1.82) is 0 Å². The zero-order valence-electron chi connectivity index (χ0n) is 11.3. The quantitative estimate of drug-likeness (QED) is 0.794. The SMILES string of the molecule is COC(=O)C(Cc1ccccc1)NS(=O)(=O)C(C)C. The fraction of sp³-hybridized carbons (Fsp3) is 0.462. The summed E-state index contributed by atoms with van der Waals surface area (Å²) in [6.45, 7) is 3.11. The number of hydrogen-bond donors (Lipinski definition) is 1. The van der Waals surface area contributed by atoms with Gasteiger partial charge in [0, 0.05) is 0 Å². The van der Waals surface area contributed by atoms with Gasteiger partial charge < -0.3 is 4.74 Å². The van der Waals surface area contributed by atoms with Gasteiger partial charge in [-0.1, -0.05) is 30.3 Å². The molecule has 1 aromatic carbocycles. The highest BCUT2D eigenvalue weighted by Crippen LogP contribution is 2.07. The molecule has 6 heteroatoms. The van der Waals surface area contributed by atoms with Crippen LogP contribution in [-0.4, -0.2) is 32.8 Å². The maximum Gasteiger partial charge on any atom is 0.324 e. The van der Waals surface area contributed by atoms with E-state index in [2.05, 4.69) is 9.46 Å². The van der Waals surface area contributed by atoms with Crippen LogP contribution < -0.4 is 4.72 Å². The molecule has 0 radical (unpaired) electrons. The van der Waals surface area contributed by atoms with E-state index in [1.807, 2.05) is 30.3 Å². The number of esters is 1. The number of benzene rings is 1. The van der Waals surface area contributed by atoms with Gasteiger partial charge in [-0.05, 0) is 25.8 Å². The van der Waals surface area contributed by atoms with Crippen molar-refractivity contribution in [3.05, 3.63) is 35.9 Å². The van der Waals surface area contributed by atoms with Gasteiger partial charge in [0.25, 0.3) is 0 Å². The highest BCUT2D eigenvalue weighted by atomic mass is 32.2. The second-order valence-corrected chi connectivity index (χ2v) is 6.75. The average molecular weight is 285 g/mol. The molecule has 0 aliphatic heterocycles. The third kappa shape index (κ3) is 4.65. The number of sulfonamides is 1. The molecule has 106 valence electrons. The largest absolute Gasteiger partial charge is 0.468 e. The van der Waals surface area contributed by atoms with Crippen molar-refractivity contribution in [3.63, 3.8) is 0 Å². The molecule has 1 rings (SSSR count). The molecule has 1 atom stereocenters. The molecular formula is C13H19NO4S. The minimum atomic E-state index is -3.52. The van der Waals surface area contributed by atoms with Crippen LogP contribution >= 0.6 is 0 Å². The lowest BCUT2D eigenvalue weighted by Gasteiger charge is -2.18. The van der Waals surface area contributed by atoms with Crippen LogP contribution in [-0.2, 0) is 26.0 Å². The van der Waals surface area contributed by atoms with E-state index in [1.54, 1.807) is 13.8 Å². The topological polar surface area (TPSA) is 72.5 Å². The Bertz CT molecular complexity index is 511. The molecule has 19 heavy (non-hydrogen) atoms. The second kappa shape index (κ2) is 6.68. The van der Waals surface area contributed by atoms with Gasteiger partial charge >= 0.3 is 5.97 Å². The van der Waals surface area contributed by atoms with Crippen molar-refractivity contribution < 1.29 is 17.9 Å². The lowest BCUT2D eigenvalue weighted by atomic mass is 10.1. The van der Waals surface area contributed by atoms with Crippen LogP contribution in [0.15, 0.2) is 30.3 Å². The van der Waals surface area contributed by atoms with Crippen molar-refractivity contribution in [3.8, 4) is 0 Å². The van der Waals surface area contributed by atoms with E-state index >= 15 is 0 Å². The van der Waals surface area contributed by atoms with Gasteiger partial charge in [0.15, 0.2) is 0 Å². The molecule has 1 aromatic rings. The summed E-state index contributed by atoms with van der Waals surface area (Å²) >= 11 is 0. The molecule has 5 nitrogen and oxygen atoms in total. The number of carbonyl (C=O) groups is 1. The van der Waals surface area contributed by atoms with E-state index in [0.29, 0.717) is 0 Å². The van der Waals surface area contributed by atoms with Crippen LogP contribution in [0.2, 0.25) is 0 Å². The summed E-state index contributed by atoms with van der Waals surface area (Å²) in [6, 6.07) is 8.29. The van der Waals surface area contributed by atoms with Crippen molar-refractivity contribution >= 4 is 16.0 Å². The fourth-order valence-corrected chi connectivity index (χ4v) is 2.35. The maximum absolute atomic E-state index is 11.8. The van der Waals surface area contributed by atoms with E-state index in [1.165, 1.54) is 7.11 Å². The third-order valence-corrected chi connectivity index (χ3v) is 4.55. The highest BCUT2D eigenvalue weighted by Gasteiger charge is 2.27. The van der Waals surface area contributed by atoms with Crippen LogP contribution in [0.4, 0.5) is 0 Å². The van der Waals surface area contributed by atoms with Gasteiger partial charge in [0.05, 0.1) is 12.4 Å². The summed E-state index contributed by atoms with van der Waals surface area (Å²) in [4.78, 5) is 11.7. The fourth-order valence-electron chi connectivity index (χ4n) is 1.50. The Morgan fingerprint density at radius 3 is 2.32 bits per heavy atom. The van der Waals surface area contributed by atoms with Crippen molar-refractivity contribution in [2.75, 3.05) is 7.11 Å². The van der Waals surface area contributed by atoms with E-state index in [-0.39, 0.29) is 6.42 Å². The lowest BCUT2D eigenvalue weighted by molar-refractivity contribution is -0.142. The van der Waals surface area contributed by atoms with Crippen LogP contribution in [0.3, 0.4) is 0 Å². The first-order valence-corrected chi connectivity index (χ1v) is 7.54. The van der Waals surface area contributed by atoms with Gasteiger partial charge in [0.2, 0.25) is 10.0 Å². The monoisotopic (exact) mass is 285 g/mol. The summed E-state index contributed by atoms with van der Waals surface area (Å²) in [5.74, 6) is -0.590. The van der Waals surface area contributed by atoms with Crippen LogP contribution in [0.1, 0.15) is 19.4 Å². The van der Waals surface area contributed by atoms with E-state index in [4.69, 9.17) is 0 Å². The van der Waals surface area contributed by atoms with Crippen molar-refractivity contribution in [2.24, 2.45) is 0 Å². The van der Waals surface area contributed by atoms with Crippen molar-refractivity contribution in [1.82, 2.24) is 4.72 Å². The van der Waals surface area contributed by atoms with Crippen LogP contribution in [0.5, 0.6) is 0 Å². The molecule has 0 saturated carbocycles. The molecule has 0 aliphatic carbocycles. The first-order chi connectivity index (χ1) is 8.86. The number of ether oxygens (including phenoxy) is 1. The Balaban J connectivity index is 2.88. The zero-order chi connectivity index (χ0) is 14.5. The average Bonchev–Trinajstić information content (AvgIpc) is 2.37.